The third-order valence-electron chi connectivity index (χ3n) is 3.68. The maximum atomic E-state index is 10.6. The van der Waals surface area contributed by atoms with Gasteiger partial charge in [0.2, 0.25) is 5.89 Å². The zero-order valence-electron chi connectivity index (χ0n) is 12.1. The molecule has 1 aliphatic heterocycles. The van der Waals surface area contributed by atoms with E-state index in [1.54, 1.807) is 17.1 Å². The lowest BCUT2D eigenvalue weighted by atomic mass is 10.0. The molecule has 0 amide bonds. The highest BCUT2D eigenvalue weighted by Gasteiger charge is 2.37. The Bertz CT molecular complexity index is 569. The van der Waals surface area contributed by atoms with E-state index in [4.69, 9.17) is 4.52 Å². The molecule has 0 spiro atoms. The van der Waals surface area contributed by atoms with Crippen LogP contribution in [0.1, 0.15) is 31.5 Å². The van der Waals surface area contributed by atoms with Crippen molar-refractivity contribution in [1.29, 1.82) is 0 Å². The summed E-state index contributed by atoms with van der Waals surface area (Å²) in [4.78, 5) is 6.48. The van der Waals surface area contributed by atoms with Crippen molar-refractivity contribution in [3.05, 3.63) is 24.1 Å². The fourth-order valence-electron chi connectivity index (χ4n) is 2.69. The van der Waals surface area contributed by atoms with Gasteiger partial charge in [0.15, 0.2) is 5.82 Å². The van der Waals surface area contributed by atoms with Gasteiger partial charge in [-0.05, 0) is 12.8 Å². The Labute approximate surface area is 122 Å². The highest BCUT2D eigenvalue weighted by molar-refractivity contribution is 4.93. The summed E-state index contributed by atoms with van der Waals surface area (Å²) in [5.41, 5.74) is -0.778. The molecule has 0 saturated carbocycles. The van der Waals surface area contributed by atoms with Crippen LogP contribution in [-0.4, -0.2) is 53.8 Å². The SMILES string of the molecule is CCCc1noc(CN2CCC(O)(Cn3ccnn3)C2)n1. The molecule has 1 saturated heterocycles. The molecule has 3 heterocycles. The summed E-state index contributed by atoms with van der Waals surface area (Å²) in [6.07, 6.45) is 5.91. The predicted octanol–water partition coefficient (Wildman–Crippen LogP) is 0.251. The molecule has 3 rings (SSSR count). The number of rotatable bonds is 6. The second-order valence-corrected chi connectivity index (χ2v) is 5.64. The van der Waals surface area contributed by atoms with Gasteiger partial charge in [-0.2, -0.15) is 4.98 Å². The van der Waals surface area contributed by atoms with E-state index in [2.05, 4.69) is 32.3 Å². The summed E-state index contributed by atoms with van der Waals surface area (Å²) < 4.78 is 6.90. The lowest BCUT2D eigenvalue weighted by Gasteiger charge is -2.22. The molecule has 1 unspecified atom stereocenters. The molecule has 0 aliphatic carbocycles. The molecule has 2 aromatic rings. The minimum absolute atomic E-state index is 0.453. The summed E-state index contributed by atoms with van der Waals surface area (Å²) in [6, 6.07) is 0. The monoisotopic (exact) mass is 292 g/mol. The maximum absolute atomic E-state index is 10.6. The van der Waals surface area contributed by atoms with E-state index in [1.807, 2.05) is 0 Å². The highest BCUT2D eigenvalue weighted by Crippen LogP contribution is 2.24. The molecule has 0 aromatic carbocycles. The second-order valence-electron chi connectivity index (χ2n) is 5.64. The fraction of sp³-hybridized carbons (Fsp3) is 0.692. The number of aromatic nitrogens is 5. The van der Waals surface area contributed by atoms with Crippen LogP contribution in [0.4, 0.5) is 0 Å². The largest absolute Gasteiger partial charge is 0.387 e. The first-order chi connectivity index (χ1) is 10.2. The molecule has 2 aromatic heterocycles. The van der Waals surface area contributed by atoms with Gasteiger partial charge in [-0.25, -0.2) is 4.68 Å². The topological polar surface area (TPSA) is 93.1 Å². The number of aryl methyl sites for hydroxylation is 1. The van der Waals surface area contributed by atoms with Crippen molar-refractivity contribution >= 4 is 0 Å². The minimum atomic E-state index is -0.778. The Kier molecular flexibility index (Phi) is 3.98. The Balaban J connectivity index is 1.56. The molecule has 114 valence electrons. The molecule has 21 heavy (non-hydrogen) atoms. The van der Waals surface area contributed by atoms with E-state index >= 15 is 0 Å². The first-order valence-corrected chi connectivity index (χ1v) is 7.27. The summed E-state index contributed by atoms with van der Waals surface area (Å²) in [7, 11) is 0. The molecule has 8 heteroatoms. The first-order valence-electron chi connectivity index (χ1n) is 7.27. The van der Waals surface area contributed by atoms with Crippen molar-refractivity contribution in [1.82, 2.24) is 30.0 Å². The molecule has 0 bridgehead atoms. The number of hydrogen-bond donors (Lipinski definition) is 1. The van der Waals surface area contributed by atoms with Gasteiger partial charge in [-0.15, -0.1) is 5.10 Å². The number of likely N-dealkylation sites (tertiary alicyclic amines) is 1. The average molecular weight is 292 g/mol. The molecule has 1 fully saturated rings. The van der Waals surface area contributed by atoms with Gasteiger partial charge in [-0.1, -0.05) is 17.3 Å². The zero-order chi connectivity index (χ0) is 14.7. The van der Waals surface area contributed by atoms with Crippen LogP contribution in [0.15, 0.2) is 16.9 Å². The summed E-state index contributed by atoms with van der Waals surface area (Å²) in [5.74, 6) is 1.37. The summed E-state index contributed by atoms with van der Waals surface area (Å²) >= 11 is 0. The van der Waals surface area contributed by atoms with Gasteiger partial charge in [0.25, 0.3) is 0 Å². The minimum Gasteiger partial charge on any atom is -0.387 e. The van der Waals surface area contributed by atoms with Crippen LogP contribution in [0.25, 0.3) is 0 Å². The zero-order valence-corrected chi connectivity index (χ0v) is 12.1. The lowest BCUT2D eigenvalue weighted by molar-refractivity contribution is 0.0265. The van der Waals surface area contributed by atoms with E-state index in [0.717, 1.165) is 25.2 Å². The van der Waals surface area contributed by atoms with Crippen LogP contribution in [0.2, 0.25) is 0 Å². The molecule has 8 nitrogen and oxygen atoms in total. The van der Waals surface area contributed by atoms with Crippen LogP contribution in [0.3, 0.4) is 0 Å². The highest BCUT2D eigenvalue weighted by atomic mass is 16.5. The van der Waals surface area contributed by atoms with Gasteiger partial charge in [-0.3, -0.25) is 4.90 Å². The van der Waals surface area contributed by atoms with Gasteiger partial charge in [0, 0.05) is 25.7 Å². The standard InChI is InChI=1S/C13H20N6O2/c1-2-3-11-15-12(21-16-11)8-18-6-4-13(20,9-18)10-19-7-5-14-17-19/h5,7,20H,2-4,6,8-10H2,1H3. The Hall–Kier alpha value is -1.80. The van der Waals surface area contributed by atoms with Crippen LogP contribution in [-0.2, 0) is 19.5 Å². The third-order valence-corrected chi connectivity index (χ3v) is 3.68. The van der Waals surface area contributed by atoms with Crippen molar-refractivity contribution in [2.45, 2.75) is 44.9 Å². The van der Waals surface area contributed by atoms with Crippen LogP contribution < -0.4 is 0 Å². The summed E-state index contributed by atoms with van der Waals surface area (Å²) in [6.45, 7) is 4.49. The molecule has 1 aliphatic rings. The first kappa shape index (κ1) is 14.2. The molecular weight excluding hydrogens is 272 g/mol. The average Bonchev–Trinajstić information content (AvgIpc) is 3.15. The number of nitrogens with zero attached hydrogens (tertiary/aromatic N) is 6. The fourth-order valence-corrected chi connectivity index (χ4v) is 2.69. The molecule has 1 atom stereocenters. The van der Waals surface area contributed by atoms with Gasteiger partial charge < -0.3 is 9.63 Å². The number of aliphatic hydroxyl groups is 1. The van der Waals surface area contributed by atoms with Crippen LogP contribution in [0, 0.1) is 0 Å². The van der Waals surface area contributed by atoms with Gasteiger partial charge >= 0.3 is 0 Å². The van der Waals surface area contributed by atoms with E-state index < -0.39 is 5.60 Å². The van der Waals surface area contributed by atoms with E-state index in [9.17, 15) is 5.11 Å². The second kappa shape index (κ2) is 5.90. The van der Waals surface area contributed by atoms with Crippen LogP contribution in [0.5, 0.6) is 0 Å². The number of hydrogen-bond acceptors (Lipinski definition) is 7. The molecular formula is C13H20N6O2. The lowest BCUT2D eigenvalue weighted by Crippen LogP contribution is -2.37. The van der Waals surface area contributed by atoms with Gasteiger partial charge in [0.05, 0.1) is 24.9 Å². The number of β-amino-alcohol motifs (C(OH)–C–C–N with tert-alkyl or cyclic N) is 1. The Morgan fingerprint density at radius 1 is 1.48 bits per heavy atom. The molecule has 0 radical (unpaired) electrons. The van der Waals surface area contributed by atoms with E-state index in [-0.39, 0.29) is 0 Å². The quantitative estimate of drug-likeness (QED) is 0.815. The van der Waals surface area contributed by atoms with Crippen molar-refractivity contribution in [2.24, 2.45) is 0 Å². The third kappa shape index (κ3) is 3.45. The summed E-state index contributed by atoms with van der Waals surface area (Å²) in [5, 5.41) is 22.2. The Morgan fingerprint density at radius 3 is 3.14 bits per heavy atom. The predicted molar refractivity (Wildman–Crippen MR) is 73.2 cm³/mol. The maximum Gasteiger partial charge on any atom is 0.240 e. The molecule has 1 N–H and O–H groups in total. The van der Waals surface area contributed by atoms with Crippen molar-refractivity contribution < 1.29 is 9.63 Å². The van der Waals surface area contributed by atoms with Gasteiger partial charge in [0.1, 0.15) is 0 Å². The normalized spacial score (nSPS) is 23.0. The van der Waals surface area contributed by atoms with Crippen molar-refractivity contribution in [3.63, 3.8) is 0 Å². The van der Waals surface area contributed by atoms with Crippen molar-refractivity contribution in [2.75, 3.05) is 13.1 Å². The van der Waals surface area contributed by atoms with Crippen molar-refractivity contribution in [3.8, 4) is 0 Å². The Morgan fingerprint density at radius 2 is 2.38 bits per heavy atom. The van der Waals surface area contributed by atoms with E-state index in [0.29, 0.717) is 31.9 Å². The smallest absolute Gasteiger partial charge is 0.240 e. The van der Waals surface area contributed by atoms with E-state index in [1.165, 1.54) is 0 Å². The van der Waals surface area contributed by atoms with Crippen LogP contribution >= 0.6 is 0 Å².